The van der Waals surface area contributed by atoms with E-state index in [2.05, 4.69) is 33.7 Å². The van der Waals surface area contributed by atoms with Crippen molar-refractivity contribution in [2.75, 3.05) is 43.7 Å². The van der Waals surface area contributed by atoms with Crippen molar-refractivity contribution in [1.29, 1.82) is 0 Å². The lowest BCUT2D eigenvalue weighted by atomic mass is 9.79. The molecule has 178 valence electrons. The lowest BCUT2D eigenvalue weighted by Crippen LogP contribution is -2.42. The van der Waals surface area contributed by atoms with Crippen LogP contribution >= 0.6 is 0 Å². The average molecular weight is 452 g/mol. The molecule has 1 atom stereocenters. The van der Waals surface area contributed by atoms with Crippen LogP contribution in [-0.4, -0.2) is 55.6 Å². The summed E-state index contributed by atoms with van der Waals surface area (Å²) >= 11 is 0. The zero-order valence-electron chi connectivity index (χ0n) is 20.2. The van der Waals surface area contributed by atoms with E-state index in [1.165, 1.54) is 32.1 Å². The van der Waals surface area contributed by atoms with Crippen molar-refractivity contribution >= 4 is 23.1 Å². The van der Waals surface area contributed by atoms with Crippen molar-refractivity contribution in [3.63, 3.8) is 0 Å². The van der Waals surface area contributed by atoms with Crippen molar-refractivity contribution in [3.05, 3.63) is 48.3 Å². The van der Waals surface area contributed by atoms with E-state index in [0.717, 1.165) is 42.6 Å². The van der Waals surface area contributed by atoms with Gasteiger partial charge in [-0.2, -0.15) is 0 Å². The van der Waals surface area contributed by atoms with Gasteiger partial charge in [-0.25, -0.2) is 4.99 Å². The topological polar surface area (TPSA) is 71.4 Å². The van der Waals surface area contributed by atoms with Gasteiger partial charge in [0, 0.05) is 33.7 Å². The number of fused-ring (bicyclic) bond motifs is 5. The summed E-state index contributed by atoms with van der Waals surface area (Å²) in [7, 11) is 3.66. The van der Waals surface area contributed by atoms with Gasteiger partial charge >= 0.3 is 0 Å². The lowest BCUT2D eigenvalue weighted by molar-refractivity contribution is 0.0965. The van der Waals surface area contributed by atoms with Gasteiger partial charge < -0.3 is 15.1 Å². The summed E-state index contributed by atoms with van der Waals surface area (Å²) in [5.74, 6) is 1.76. The van der Waals surface area contributed by atoms with E-state index in [1.54, 1.807) is 31.3 Å². The van der Waals surface area contributed by atoms with Crippen LogP contribution in [0.2, 0.25) is 0 Å². The van der Waals surface area contributed by atoms with Crippen LogP contribution in [0.25, 0.3) is 0 Å². The number of anilines is 2. The Morgan fingerprint density at radius 2 is 2.06 bits per heavy atom. The van der Waals surface area contributed by atoms with Gasteiger partial charge in [0.15, 0.2) is 0 Å². The standard InChI is InChI=1S/C26H37N5O2/c1-5-8-24-27-19(2)29(3)15-7-6-9-20-18-31(16-14-26(20)12-13-26)23-17-21(30(4)33)10-11-22(23)25(32)28-24/h5,8,10-11,17,20,33H,1,6-7,9,12-16,18H2,2-4H3,(H,28,32)/b24-8+,27-19+. The Balaban J connectivity index is 1.74. The van der Waals surface area contributed by atoms with Crippen LogP contribution < -0.4 is 15.3 Å². The second-order valence-electron chi connectivity index (χ2n) is 9.80. The molecule has 1 saturated heterocycles. The van der Waals surface area contributed by atoms with Crippen molar-refractivity contribution in [2.24, 2.45) is 16.3 Å². The van der Waals surface area contributed by atoms with Gasteiger partial charge in [0.05, 0.1) is 16.9 Å². The second-order valence-corrected chi connectivity index (χ2v) is 9.80. The normalized spacial score (nSPS) is 25.9. The average Bonchev–Trinajstić information content (AvgIpc) is 3.56. The summed E-state index contributed by atoms with van der Waals surface area (Å²) < 4.78 is 0. The third-order valence-electron chi connectivity index (χ3n) is 7.67. The highest BCUT2D eigenvalue weighted by Gasteiger charge is 2.51. The summed E-state index contributed by atoms with van der Waals surface area (Å²) in [4.78, 5) is 22.6. The minimum atomic E-state index is -0.206. The van der Waals surface area contributed by atoms with E-state index in [4.69, 9.17) is 0 Å². The van der Waals surface area contributed by atoms with Gasteiger partial charge in [-0.3, -0.25) is 15.1 Å². The van der Waals surface area contributed by atoms with Crippen LogP contribution in [0, 0.1) is 11.3 Å². The molecule has 1 amide bonds. The first-order valence-corrected chi connectivity index (χ1v) is 12.0. The van der Waals surface area contributed by atoms with Gasteiger partial charge in [-0.15, -0.1) is 0 Å². The molecule has 7 nitrogen and oxygen atoms in total. The van der Waals surface area contributed by atoms with Crippen LogP contribution in [0.15, 0.2) is 47.7 Å². The summed E-state index contributed by atoms with van der Waals surface area (Å²) in [5, 5.41) is 14.1. The largest absolute Gasteiger partial charge is 0.371 e. The SMILES string of the molecule is C=C/C=C1\N=C(/C)N(C)CCCCC2CN(CCC23CC3)c2cc(N(C)O)ccc2C(=O)N1. The van der Waals surface area contributed by atoms with Crippen LogP contribution in [-0.2, 0) is 0 Å². The predicted octanol–water partition coefficient (Wildman–Crippen LogP) is 4.41. The quantitative estimate of drug-likeness (QED) is 0.652. The smallest absolute Gasteiger partial charge is 0.258 e. The van der Waals surface area contributed by atoms with E-state index in [-0.39, 0.29) is 5.91 Å². The fraction of sp³-hybridized carbons (Fsp3) is 0.538. The lowest BCUT2D eigenvalue weighted by Gasteiger charge is -2.41. The number of benzene rings is 1. The summed E-state index contributed by atoms with van der Waals surface area (Å²) in [6.45, 7) is 8.58. The Kier molecular flexibility index (Phi) is 6.79. The Bertz CT molecular complexity index is 963. The molecule has 2 heterocycles. The maximum Gasteiger partial charge on any atom is 0.258 e. The molecule has 7 heteroatoms. The molecule has 0 aromatic heterocycles. The predicted molar refractivity (Wildman–Crippen MR) is 134 cm³/mol. The minimum Gasteiger partial charge on any atom is -0.371 e. The number of amidine groups is 1. The number of piperidine rings is 1. The summed E-state index contributed by atoms with van der Waals surface area (Å²) in [6.07, 6.45) is 10.7. The molecule has 4 rings (SSSR count). The van der Waals surface area contributed by atoms with Crippen LogP contribution in [0.1, 0.15) is 55.8 Å². The molecular weight excluding hydrogens is 414 g/mol. The van der Waals surface area contributed by atoms with Crippen molar-refractivity contribution in [3.8, 4) is 0 Å². The molecule has 2 bridgehead atoms. The van der Waals surface area contributed by atoms with E-state index >= 15 is 0 Å². The van der Waals surface area contributed by atoms with E-state index in [9.17, 15) is 10.0 Å². The first kappa shape index (κ1) is 23.4. The number of hydrogen-bond acceptors (Lipinski definition) is 6. The fourth-order valence-corrected chi connectivity index (χ4v) is 5.29. The second kappa shape index (κ2) is 9.59. The highest BCUT2D eigenvalue weighted by atomic mass is 16.5. The molecular formula is C26H37N5O2. The number of aliphatic imine (C=N–C) groups is 1. The van der Waals surface area contributed by atoms with Crippen LogP contribution in [0.5, 0.6) is 0 Å². The third-order valence-corrected chi connectivity index (χ3v) is 7.67. The number of hydrogen-bond donors (Lipinski definition) is 2. The van der Waals surface area contributed by atoms with E-state index in [0.29, 0.717) is 28.4 Å². The maximum atomic E-state index is 13.4. The molecule has 2 aliphatic heterocycles. The van der Waals surface area contributed by atoms with Crippen molar-refractivity contribution < 1.29 is 10.0 Å². The number of rotatable bonds is 2. The molecule has 2 fully saturated rings. The number of nitrogens with one attached hydrogen (secondary N) is 1. The number of amides is 1. The first-order valence-electron chi connectivity index (χ1n) is 12.0. The molecule has 0 radical (unpaired) electrons. The number of nitrogens with zero attached hydrogens (tertiary/aromatic N) is 4. The number of carbonyl (C=O) groups excluding carboxylic acids is 1. The minimum absolute atomic E-state index is 0.206. The molecule has 33 heavy (non-hydrogen) atoms. The van der Waals surface area contributed by atoms with Gasteiger partial charge in [0.2, 0.25) is 0 Å². The zero-order chi connectivity index (χ0) is 23.6. The first-order chi connectivity index (χ1) is 15.8. The van der Waals surface area contributed by atoms with Crippen LogP contribution in [0.3, 0.4) is 0 Å². The molecule has 2 N–H and O–H groups in total. The molecule has 1 spiro atoms. The summed E-state index contributed by atoms with van der Waals surface area (Å²) in [6, 6.07) is 5.50. The zero-order valence-corrected chi connectivity index (χ0v) is 20.2. The molecule has 1 saturated carbocycles. The molecule has 1 unspecified atom stereocenters. The number of allylic oxidation sites excluding steroid dienone is 2. The Hall–Kier alpha value is -2.80. The maximum absolute atomic E-state index is 13.4. The third kappa shape index (κ3) is 5.08. The molecule has 3 aliphatic rings. The highest BCUT2D eigenvalue weighted by Crippen LogP contribution is 2.58. The monoisotopic (exact) mass is 451 g/mol. The number of hydroxylamine groups is 1. The van der Waals surface area contributed by atoms with E-state index < -0.39 is 0 Å². The highest BCUT2D eigenvalue weighted by molar-refractivity contribution is 6.01. The molecule has 1 aliphatic carbocycles. The molecule has 1 aromatic rings. The Morgan fingerprint density at radius 3 is 2.76 bits per heavy atom. The van der Waals surface area contributed by atoms with E-state index in [1.807, 2.05) is 13.0 Å². The summed E-state index contributed by atoms with van der Waals surface area (Å²) in [5.41, 5.74) is 2.63. The Labute approximate surface area is 197 Å². The van der Waals surface area contributed by atoms with Crippen molar-refractivity contribution in [2.45, 2.75) is 45.4 Å². The van der Waals surface area contributed by atoms with Crippen molar-refractivity contribution in [1.82, 2.24) is 10.2 Å². The van der Waals surface area contributed by atoms with Gasteiger partial charge in [-0.05, 0) is 74.6 Å². The fourth-order valence-electron chi connectivity index (χ4n) is 5.29. The van der Waals surface area contributed by atoms with Crippen LogP contribution in [0.4, 0.5) is 11.4 Å². The van der Waals surface area contributed by atoms with Gasteiger partial charge in [0.1, 0.15) is 11.7 Å². The Morgan fingerprint density at radius 1 is 1.27 bits per heavy atom. The van der Waals surface area contributed by atoms with Gasteiger partial charge in [0.25, 0.3) is 5.91 Å². The van der Waals surface area contributed by atoms with Gasteiger partial charge in [-0.1, -0.05) is 19.1 Å². The number of carbonyl (C=O) groups is 1. The molecule has 1 aromatic carbocycles.